The van der Waals surface area contributed by atoms with Crippen LogP contribution >= 0.6 is 0 Å². The van der Waals surface area contributed by atoms with Crippen molar-refractivity contribution in [3.8, 4) is 0 Å². The van der Waals surface area contributed by atoms with Crippen molar-refractivity contribution in [3.05, 3.63) is 0 Å². The molecule has 4 heteroatoms. The molecule has 102 valence electrons. The first-order chi connectivity index (χ1) is 8.05. The van der Waals surface area contributed by atoms with Crippen LogP contribution in [0, 0.1) is 0 Å². The van der Waals surface area contributed by atoms with Gasteiger partial charge in [0.25, 0.3) is 0 Å². The lowest BCUT2D eigenvalue weighted by Gasteiger charge is -2.48. The number of nitrogens with two attached hydrogens (primary N) is 1. The van der Waals surface area contributed by atoms with E-state index in [9.17, 15) is 0 Å². The van der Waals surface area contributed by atoms with E-state index in [2.05, 4.69) is 30.7 Å². The lowest BCUT2D eigenvalue weighted by molar-refractivity contribution is 0.0206. The maximum atomic E-state index is 6.03. The van der Waals surface area contributed by atoms with Crippen molar-refractivity contribution in [2.24, 2.45) is 5.73 Å². The second-order valence-electron chi connectivity index (χ2n) is 5.47. The molecule has 4 nitrogen and oxygen atoms in total. The van der Waals surface area contributed by atoms with Gasteiger partial charge in [0.2, 0.25) is 0 Å². The smallest absolute Gasteiger partial charge is 0.0589 e. The first-order valence-corrected chi connectivity index (χ1v) is 6.70. The minimum Gasteiger partial charge on any atom is -0.383 e. The fourth-order valence-corrected chi connectivity index (χ4v) is 2.66. The lowest BCUT2D eigenvalue weighted by Crippen LogP contribution is -2.59. The summed E-state index contributed by atoms with van der Waals surface area (Å²) < 4.78 is 5.16. The zero-order chi connectivity index (χ0) is 12.9. The molecule has 1 heterocycles. The molecule has 0 aromatic rings. The van der Waals surface area contributed by atoms with Crippen LogP contribution in [0.1, 0.15) is 26.7 Å². The van der Waals surface area contributed by atoms with Crippen LogP contribution in [0.3, 0.4) is 0 Å². The second kappa shape index (κ2) is 6.69. The fraction of sp³-hybridized carbons (Fsp3) is 1.00. The maximum absolute atomic E-state index is 6.03. The van der Waals surface area contributed by atoms with Crippen LogP contribution in [-0.2, 0) is 4.74 Å². The third-order valence-electron chi connectivity index (χ3n) is 4.28. The monoisotopic (exact) mass is 243 g/mol. The highest BCUT2D eigenvalue weighted by atomic mass is 16.5. The molecule has 1 saturated heterocycles. The van der Waals surface area contributed by atoms with Gasteiger partial charge >= 0.3 is 0 Å². The maximum Gasteiger partial charge on any atom is 0.0589 e. The van der Waals surface area contributed by atoms with Crippen LogP contribution in [0.4, 0.5) is 0 Å². The van der Waals surface area contributed by atoms with Crippen molar-refractivity contribution < 1.29 is 4.74 Å². The number of hydrogen-bond acceptors (Lipinski definition) is 4. The van der Waals surface area contributed by atoms with Crippen molar-refractivity contribution in [2.45, 2.75) is 38.3 Å². The largest absolute Gasteiger partial charge is 0.383 e. The van der Waals surface area contributed by atoms with Crippen molar-refractivity contribution >= 4 is 0 Å². The molecule has 0 aromatic carbocycles. The predicted octanol–water partition coefficient (Wildman–Crippen LogP) is 0.766. The van der Waals surface area contributed by atoms with E-state index in [0.29, 0.717) is 6.04 Å². The molecule has 17 heavy (non-hydrogen) atoms. The SMILES string of the molecule is COCCN(C)C1(CN)CCN(C(C)C)CC1. The molecule has 0 amide bonds. The second-order valence-corrected chi connectivity index (χ2v) is 5.47. The van der Waals surface area contributed by atoms with Crippen LogP contribution in [0.25, 0.3) is 0 Å². The van der Waals surface area contributed by atoms with Crippen LogP contribution in [0.5, 0.6) is 0 Å². The van der Waals surface area contributed by atoms with Crippen LogP contribution in [0.2, 0.25) is 0 Å². The Morgan fingerprint density at radius 1 is 1.35 bits per heavy atom. The first kappa shape index (κ1) is 14.9. The third-order valence-corrected chi connectivity index (χ3v) is 4.28. The Balaban J connectivity index is 2.54. The molecular weight excluding hydrogens is 214 g/mol. The molecule has 0 bridgehead atoms. The number of hydrogen-bond donors (Lipinski definition) is 1. The number of rotatable bonds is 6. The van der Waals surface area contributed by atoms with Gasteiger partial charge in [-0.25, -0.2) is 0 Å². The molecule has 1 rings (SSSR count). The third kappa shape index (κ3) is 3.65. The highest BCUT2D eigenvalue weighted by molar-refractivity contribution is 4.95. The summed E-state index contributed by atoms with van der Waals surface area (Å²) in [5.41, 5.74) is 6.22. The van der Waals surface area contributed by atoms with Crippen LogP contribution in [-0.4, -0.2) is 68.3 Å². The van der Waals surface area contributed by atoms with Gasteiger partial charge in [-0.05, 0) is 33.7 Å². The van der Waals surface area contributed by atoms with E-state index in [1.54, 1.807) is 7.11 Å². The lowest BCUT2D eigenvalue weighted by atomic mass is 9.85. The molecule has 0 unspecified atom stereocenters. The van der Waals surface area contributed by atoms with E-state index in [0.717, 1.165) is 32.8 Å². The summed E-state index contributed by atoms with van der Waals surface area (Å²) >= 11 is 0. The van der Waals surface area contributed by atoms with Gasteiger partial charge in [0.05, 0.1) is 6.61 Å². The fourth-order valence-electron chi connectivity index (χ4n) is 2.66. The molecular formula is C13H29N3O. The summed E-state index contributed by atoms with van der Waals surface area (Å²) in [7, 11) is 3.93. The minimum atomic E-state index is 0.184. The zero-order valence-corrected chi connectivity index (χ0v) is 11.9. The molecule has 0 aliphatic carbocycles. The van der Waals surface area contributed by atoms with Gasteiger partial charge in [0.15, 0.2) is 0 Å². The van der Waals surface area contributed by atoms with E-state index < -0.39 is 0 Å². The molecule has 0 aromatic heterocycles. The van der Waals surface area contributed by atoms with Crippen molar-refractivity contribution in [2.75, 3.05) is 46.9 Å². The normalized spacial score (nSPS) is 21.4. The van der Waals surface area contributed by atoms with E-state index in [4.69, 9.17) is 10.5 Å². The van der Waals surface area contributed by atoms with Gasteiger partial charge in [0, 0.05) is 44.9 Å². The van der Waals surface area contributed by atoms with E-state index in [1.165, 1.54) is 12.8 Å². The van der Waals surface area contributed by atoms with E-state index in [1.807, 2.05) is 0 Å². The first-order valence-electron chi connectivity index (χ1n) is 6.70. The Morgan fingerprint density at radius 2 is 1.94 bits per heavy atom. The van der Waals surface area contributed by atoms with E-state index >= 15 is 0 Å². The zero-order valence-electron chi connectivity index (χ0n) is 11.9. The van der Waals surface area contributed by atoms with Gasteiger partial charge in [-0.2, -0.15) is 0 Å². The number of piperidine rings is 1. The Morgan fingerprint density at radius 3 is 2.35 bits per heavy atom. The van der Waals surface area contributed by atoms with Gasteiger partial charge in [-0.3, -0.25) is 4.90 Å². The predicted molar refractivity (Wildman–Crippen MR) is 72.2 cm³/mol. The number of methoxy groups -OCH3 is 1. The Labute approximate surface area is 106 Å². The van der Waals surface area contributed by atoms with Gasteiger partial charge < -0.3 is 15.4 Å². The molecule has 1 aliphatic rings. The van der Waals surface area contributed by atoms with Gasteiger partial charge in [-0.1, -0.05) is 0 Å². The Bertz CT molecular complexity index is 213. The van der Waals surface area contributed by atoms with Gasteiger partial charge in [0.1, 0.15) is 0 Å². The Kier molecular flexibility index (Phi) is 5.86. The molecule has 1 fully saturated rings. The quantitative estimate of drug-likeness (QED) is 0.748. The Hall–Kier alpha value is -0.160. The number of likely N-dealkylation sites (N-methyl/N-ethyl adjacent to an activating group) is 1. The van der Waals surface area contributed by atoms with Crippen molar-refractivity contribution in [3.63, 3.8) is 0 Å². The van der Waals surface area contributed by atoms with Crippen molar-refractivity contribution in [1.82, 2.24) is 9.80 Å². The summed E-state index contributed by atoms with van der Waals surface area (Å²) in [6.45, 7) is 9.35. The highest BCUT2D eigenvalue weighted by Gasteiger charge is 2.37. The number of nitrogens with zero attached hydrogens (tertiary/aromatic N) is 2. The molecule has 0 atom stereocenters. The molecule has 2 N–H and O–H groups in total. The molecule has 1 aliphatic heterocycles. The number of ether oxygens (including phenoxy) is 1. The van der Waals surface area contributed by atoms with Crippen molar-refractivity contribution in [1.29, 1.82) is 0 Å². The topological polar surface area (TPSA) is 41.7 Å². The van der Waals surface area contributed by atoms with Crippen LogP contribution < -0.4 is 5.73 Å². The summed E-state index contributed by atoms with van der Waals surface area (Å²) in [5, 5.41) is 0. The highest BCUT2D eigenvalue weighted by Crippen LogP contribution is 2.27. The summed E-state index contributed by atoms with van der Waals surface area (Å²) in [6.07, 6.45) is 2.34. The molecule has 0 saturated carbocycles. The molecule has 0 spiro atoms. The van der Waals surface area contributed by atoms with Crippen LogP contribution in [0.15, 0.2) is 0 Å². The average Bonchev–Trinajstić information content (AvgIpc) is 2.35. The number of likely N-dealkylation sites (tertiary alicyclic amines) is 1. The average molecular weight is 243 g/mol. The summed E-state index contributed by atoms with van der Waals surface area (Å²) in [5.74, 6) is 0. The molecule has 0 radical (unpaired) electrons. The van der Waals surface area contributed by atoms with E-state index in [-0.39, 0.29) is 5.54 Å². The summed E-state index contributed by atoms with van der Waals surface area (Å²) in [6, 6.07) is 0.648. The standard InChI is InChI=1S/C13H29N3O/c1-12(2)16-7-5-13(11-14,6-8-16)15(3)9-10-17-4/h12H,5-11,14H2,1-4H3. The van der Waals surface area contributed by atoms with Gasteiger partial charge in [-0.15, -0.1) is 0 Å². The summed E-state index contributed by atoms with van der Waals surface area (Å²) in [4.78, 5) is 4.94. The minimum absolute atomic E-state index is 0.184.